The smallest absolute Gasteiger partial charge is 0.189 e. The Kier molecular flexibility index (Phi) is 3.38. The number of aromatic nitrogens is 1. The van der Waals surface area contributed by atoms with Crippen LogP contribution in [0.2, 0.25) is 0 Å². The van der Waals surface area contributed by atoms with Gasteiger partial charge in [-0.1, -0.05) is 25.0 Å². The van der Waals surface area contributed by atoms with Gasteiger partial charge in [-0.25, -0.2) is 0 Å². The molecule has 0 spiro atoms. The molecular weight excluding hydrogens is 236 g/mol. The first-order chi connectivity index (χ1) is 9.25. The minimum Gasteiger partial charge on any atom is -0.346 e. The van der Waals surface area contributed by atoms with Crippen LogP contribution in [0, 0.1) is 5.92 Å². The van der Waals surface area contributed by atoms with E-state index in [0.29, 0.717) is 5.92 Å². The van der Waals surface area contributed by atoms with Gasteiger partial charge in [-0.2, -0.15) is 0 Å². The van der Waals surface area contributed by atoms with Crippen molar-refractivity contribution in [3.05, 3.63) is 46.8 Å². The van der Waals surface area contributed by atoms with Crippen LogP contribution in [-0.4, -0.2) is 10.6 Å². The lowest BCUT2D eigenvalue weighted by Crippen LogP contribution is -2.33. The summed E-state index contributed by atoms with van der Waals surface area (Å²) in [5, 5.41) is 0.781. The Balaban J connectivity index is 1.92. The Morgan fingerprint density at radius 3 is 2.74 bits per heavy atom. The molecule has 1 aromatic heterocycles. The van der Waals surface area contributed by atoms with Crippen LogP contribution in [0.15, 0.2) is 41.3 Å². The van der Waals surface area contributed by atoms with Crippen LogP contribution in [0.3, 0.4) is 0 Å². The van der Waals surface area contributed by atoms with E-state index in [-0.39, 0.29) is 11.5 Å². The Morgan fingerprint density at radius 2 is 1.95 bits per heavy atom. The standard InChI is InChI=1S/C16H20N2O/c17-14(12-5-1-2-6-12)11-18-10-9-16(19)13-7-3-4-8-15(13)18/h3-4,7-10,12,14H,1-2,5-6,11,17H2. The molecular formula is C16H20N2O. The molecule has 2 N–H and O–H groups in total. The molecule has 0 saturated heterocycles. The number of pyridine rings is 1. The lowest BCUT2D eigenvalue weighted by atomic mass is 9.99. The maximum atomic E-state index is 11.8. The number of hydrogen-bond donors (Lipinski definition) is 1. The SMILES string of the molecule is NC(Cn1ccc(=O)c2ccccc21)C1CCCC1. The van der Waals surface area contributed by atoms with E-state index in [0.717, 1.165) is 17.4 Å². The summed E-state index contributed by atoms with van der Waals surface area (Å²) in [6.07, 6.45) is 6.99. The molecule has 3 heteroatoms. The Hall–Kier alpha value is -1.61. The van der Waals surface area contributed by atoms with Gasteiger partial charge in [-0.15, -0.1) is 0 Å². The molecule has 1 unspecified atom stereocenters. The van der Waals surface area contributed by atoms with Crippen LogP contribution in [-0.2, 0) is 6.54 Å². The van der Waals surface area contributed by atoms with Crippen molar-refractivity contribution < 1.29 is 0 Å². The third-order valence-corrected chi connectivity index (χ3v) is 4.30. The third-order valence-electron chi connectivity index (χ3n) is 4.30. The van der Waals surface area contributed by atoms with Crippen molar-refractivity contribution in [2.75, 3.05) is 0 Å². The lowest BCUT2D eigenvalue weighted by molar-refractivity contribution is 0.391. The molecule has 1 aliphatic rings. The zero-order chi connectivity index (χ0) is 13.2. The molecule has 19 heavy (non-hydrogen) atoms. The van der Waals surface area contributed by atoms with E-state index in [9.17, 15) is 4.79 Å². The minimum absolute atomic E-state index is 0.0845. The number of nitrogens with two attached hydrogens (primary N) is 1. The van der Waals surface area contributed by atoms with Gasteiger partial charge < -0.3 is 10.3 Å². The molecule has 0 radical (unpaired) electrons. The predicted molar refractivity (Wildman–Crippen MR) is 78.1 cm³/mol. The van der Waals surface area contributed by atoms with Gasteiger partial charge in [0.1, 0.15) is 0 Å². The van der Waals surface area contributed by atoms with Gasteiger partial charge in [0.2, 0.25) is 0 Å². The van der Waals surface area contributed by atoms with Gasteiger partial charge in [0.05, 0.1) is 5.52 Å². The number of benzene rings is 1. The van der Waals surface area contributed by atoms with Crippen LogP contribution in [0.1, 0.15) is 25.7 Å². The van der Waals surface area contributed by atoms with Gasteiger partial charge in [0, 0.05) is 30.2 Å². The third kappa shape index (κ3) is 2.43. The fraction of sp³-hybridized carbons (Fsp3) is 0.438. The molecule has 2 aromatic rings. The normalized spacial score (nSPS) is 17.9. The Labute approximate surface area is 113 Å². The van der Waals surface area contributed by atoms with Gasteiger partial charge in [0.15, 0.2) is 5.43 Å². The highest BCUT2D eigenvalue weighted by Gasteiger charge is 2.22. The summed E-state index contributed by atoms with van der Waals surface area (Å²) in [6, 6.07) is 9.59. The van der Waals surface area contributed by atoms with Crippen molar-refractivity contribution in [1.82, 2.24) is 4.57 Å². The van der Waals surface area contributed by atoms with E-state index in [1.807, 2.05) is 30.5 Å². The molecule has 1 heterocycles. The fourth-order valence-corrected chi connectivity index (χ4v) is 3.18. The van der Waals surface area contributed by atoms with Crippen LogP contribution in [0.4, 0.5) is 0 Å². The van der Waals surface area contributed by atoms with Crippen molar-refractivity contribution in [3.63, 3.8) is 0 Å². The van der Waals surface area contributed by atoms with Crippen LogP contribution < -0.4 is 11.2 Å². The predicted octanol–water partition coefficient (Wildman–Crippen LogP) is 2.52. The zero-order valence-electron chi connectivity index (χ0n) is 11.1. The Bertz CT molecular complexity index is 626. The highest BCUT2D eigenvalue weighted by molar-refractivity contribution is 5.78. The minimum atomic E-state index is 0.0845. The number of nitrogens with zero attached hydrogens (tertiary/aromatic N) is 1. The molecule has 100 valence electrons. The highest BCUT2D eigenvalue weighted by atomic mass is 16.1. The van der Waals surface area contributed by atoms with E-state index in [2.05, 4.69) is 4.57 Å². The van der Waals surface area contributed by atoms with E-state index in [1.165, 1.54) is 25.7 Å². The zero-order valence-corrected chi connectivity index (χ0v) is 11.1. The number of para-hydroxylation sites is 1. The van der Waals surface area contributed by atoms with Crippen LogP contribution in [0.25, 0.3) is 10.9 Å². The monoisotopic (exact) mass is 256 g/mol. The largest absolute Gasteiger partial charge is 0.346 e. The average molecular weight is 256 g/mol. The summed E-state index contributed by atoms with van der Waals surface area (Å²) in [5.41, 5.74) is 7.41. The molecule has 1 aliphatic carbocycles. The van der Waals surface area contributed by atoms with E-state index in [4.69, 9.17) is 5.73 Å². The first-order valence-electron chi connectivity index (χ1n) is 7.09. The molecule has 3 rings (SSSR count). The number of hydrogen-bond acceptors (Lipinski definition) is 2. The lowest BCUT2D eigenvalue weighted by Gasteiger charge is -2.21. The summed E-state index contributed by atoms with van der Waals surface area (Å²) in [5.74, 6) is 0.637. The molecule has 0 bridgehead atoms. The van der Waals surface area contributed by atoms with E-state index >= 15 is 0 Å². The summed E-state index contributed by atoms with van der Waals surface area (Å²) in [6.45, 7) is 0.797. The van der Waals surface area contributed by atoms with Crippen molar-refractivity contribution in [2.45, 2.75) is 38.3 Å². The van der Waals surface area contributed by atoms with Gasteiger partial charge in [-0.3, -0.25) is 4.79 Å². The van der Waals surface area contributed by atoms with Crippen LogP contribution >= 0.6 is 0 Å². The maximum Gasteiger partial charge on any atom is 0.189 e. The summed E-state index contributed by atoms with van der Waals surface area (Å²) in [7, 11) is 0. The van der Waals surface area contributed by atoms with Crippen molar-refractivity contribution >= 4 is 10.9 Å². The van der Waals surface area contributed by atoms with E-state index < -0.39 is 0 Å². The van der Waals surface area contributed by atoms with Crippen LogP contribution in [0.5, 0.6) is 0 Å². The second kappa shape index (κ2) is 5.17. The van der Waals surface area contributed by atoms with Crippen molar-refractivity contribution in [1.29, 1.82) is 0 Å². The quantitative estimate of drug-likeness (QED) is 0.917. The average Bonchev–Trinajstić information content (AvgIpc) is 2.96. The van der Waals surface area contributed by atoms with Crippen molar-refractivity contribution in [2.24, 2.45) is 11.7 Å². The van der Waals surface area contributed by atoms with Gasteiger partial charge >= 0.3 is 0 Å². The molecule has 1 aromatic carbocycles. The summed E-state index contributed by atoms with van der Waals surface area (Å²) >= 11 is 0. The van der Waals surface area contributed by atoms with Crippen molar-refractivity contribution in [3.8, 4) is 0 Å². The maximum absolute atomic E-state index is 11.8. The first-order valence-corrected chi connectivity index (χ1v) is 7.09. The Morgan fingerprint density at radius 1 is 1.21 bits per heavy atom. The van der Waals surface area contributed by atoms with E-state index in [1.54, 1.807) is 6.07 Å². The highest BCUT2D eigenvalue weighted by Crippen LogP contribution is 2.27. The second-order valence-corrected chi connectivity index (χ2v) is 5.56. The molecule has 0 aliphatic heterocycles. The number of rotatable bonds is 3. The molecule has 1 fully saturated rings. The molecule has 3 nitrogen and oxygen atoms in total. The fourth-order valence-electron chi connectivity index (χ4n) is 3.18. The molecule has 1 saturated carbocycles. The van der Waals surface area contributed by atoms with Gasteiger partial charge in [-0.05, 0) is 30.9 Å². The molecule has 0 amide bonds. The number of fused-ring (bicyclic) bond motifs is 1. The molecule has 1 atom stereocenters. The summed E-state index contributed by atoms with van der Waals surface area (Å²) < 4.78 is 2.12. The van der Waals surface area contributed by atoms with Gasteiger partial charge in [0.25, 0.3) is 0 Å². The first kappa shape index (κ1) is 12.4. The topological polar surface area (TPSA) is 48.0 Å². The summed E-state index contributed by atoms with van der Waals surface area (Å²) in [4.78, 5) is 11.8. The second-order valence-electron chi connectivity index (χ2n) is 5.56.